The molecule has 0 saturated heterocycles. The van der Waals surface area contributed by atoms with Crippen molar-refractivity contribution in [1.29, 1.82) is 0 Å². The molecule has 3 heteroatoms. The zero-order chi connectivity index (χ0) is 9.97. The Labute approximate surface area is 83.0 Å². The summed E-state index contributed by atoms with van der Waals surface area (Å²) in [4.78, 5) is 5.68. The van der Waals surface area contributed by atoms with Crippen molar-refractivity contribution in [3.05, 3.63) is 35.5 Å². The van der Waals surface area contributed by atoms with Gasteiger partial charge in [-0.1, -0.05) is 18.2 Å². The van der Waals surface area contributed by atoms with Crippen molar-refractivity contribution in [2.75, 3.05) is 18.7 Å². The van der Waals surface area contributed by atoms with Gasteiger partial charge >= 0.3 is 0 Å². The van der Waals surface area contributed by atoms with Crippen molar-refractivity contribution in [1.82, 2.24) is 0 Å². The third kappa shape index (κ3) is 1.33. The van der Waals surface area contributed by atoms with E-state index in [9.17, 15) is 5.11 Å². The molecule has 0 spiro atoms. The molecular formula is C11H12N2O. The second kappa shape index (κ2) is 3.66. The van der Waals surface area contributed by atoms with Crippen molar-refractivity contribution < 1.29 is 5.11 Å². The summed E-state index contributed by atoms with van der Waals surface area (Å²) >= 11 is 0. The van der Waals surface area contributed by atoms with Gasteiger partial charge in [0.15, 0.2) is 0 Å². The number of rotatable bonds is 1. The maximum absolute atomic E-state index is 9.23. The van der Waals surface area contributed by atoms with Crippen LogP contribution < -0.4 is 4.90 Å². The lowest BCUT2D eigenvalue weighted by atomic mass is 10.1. The molecule has 0 aromatic heterocycles. The van der Waals surface area contributed by atoms with E-state index in [4.69, 9.17) is 0 Å². The molecule has 0 atom stereocenters. The Morgan fingerprint density at radius 1 is 1.50 bits per heavy atom. The minimum Gasteiger partial charge on any atom is -0.376 e. The van der Waals surface area contributed by atoms with Crippen LogP contribution in [0.2, 0.25) is 0 Å². The first-order chi connectivity index (χ1) is 6.86. The Bertz CT molecular complexity index is 406. The average Bonchev–Trinajstić information content (AvgIpc) is 2.55. The van der Waals surface area contributed by atoms with E-state index in [1.165, 1.54) is 5.56 Å². The van der Waals surface area contributed by atoms with Crippen molar-refractivity contribution in [2.45, 2.75) is 6.42 Å². The van der Waals surface area contributed by atoms with Gasteiger partial charge in [-0.15, -0.1) is 0 Å². The summed E-state index contributed by atoms with van der Waals surface area (Å²) in [6.45, 7) is -0.0190. The van der Waals surface area contributed by atoms with E-state index >= 15 is 0 Å². The van der Waals surface area contributed by atoms with Crippen LogP contribution in [-0.2, 0) is 6.42 Å². The van der Waals surface area contributed by atoms with Gasteiger partial charge in [0.05, 0.1) is 5.70 Å². The van der Waals surface area contributed by atoms with Gasteiger partial charge in [0.1, 0.15) is 6.73 Å². The third-order valence-electron chi connectivity index (χ3n) is 2.35. The monoisotopic (exact) mass is 188 g/mol. The summed E-state index contributed by atoms with van der Waals surface area (Å²) in [6, 6.07) is 8.02. The second-order valence-electron chi connectivity index (χ2n) is 3.16. The molecule has 1 aromatic carbocycles. The Morgan fingerprint density at radius 2 is 2.29 bits per heavy atom. The van der Waals surface area contributed by atoms with Crippen LogP contribution >= 0.6 is 0 Å². The third-order valence-corrected chi connectivity index (χ3v) is 2.35. The fourth-order valence-electron chi connectivity index (χ4n) is 1.74. The molecule has 1 aliphatic heterocycles. The van der Waals surface area contributed by atoms with Crippen LogP contribution in [0.4, 0.5) is 5.69 Å². The minimum atomic E-state index is -0.0190. The summed E-state index contributed by atoms with van der Waals surface area (Å²) in [5, 5.41) is 9.23. The molecular weight excluding hydrogens is 176 g/mol. The standard InChI is InChI=1S/C11H12N2O/c1-12-7-10-6-9-4-2-3-5-11(9)13(10)8-14/h2-5,14H,6,8H2,1H3. The highest BCUT2D eigenvalue weighted by Crippen LogP contribution is 2.32. The molecule has 0 fully saturated rings. The number of aliphatic hydroxyl groups excluding tert-OH is 1. The maximum Gasteiger partial charge on any atom is 0.120 e. The molecule has 0 aliphatic carbocycles. The van der Waals surface area contributed by atoms with E-state index in [1.807, 2.05) is 23.1 Å². The van der Waals surface area contributed by atoms with Crippen molar-refractivity contribution in [3.8, 4) is 0 Å². The quantitative estimate of drug-likeness (QED) is 0.672. The van der Waals surface area contributed by atoms with E-state index in [0.29, 0.717) is 0 Å². The molecule has 72 valence electrons. The van der Waals surface area contributed by atoms with E-state index in [0.717, 1.165) is 17.8 Å². The highest BCUT2D eigenvalue weighted by Gasteiger charge is 2.22. The van der Waals surface area contributed by atoms with Crippen LogP contribution in [0.25, 0.3) is 0 Å². The Balaban J connectivity index is 2.49. The lowest BCUT2D eigenvalue weighted by Gasteiger charge is -2.15. The number of anilines is 1. The SMILES string of the molecule is CN=C=C1Cc2ccccc2N1CO. The number of aliphatic imine (C=N–C) groups is 1. The summed E-state index contributed by atoms with van der Waals surface area (Å²) in [6.07, 6.45) is 0.800. The first-order valence-corrected chi connectivity index (χ1v) is 4.53. The van der Waals surface area contributed by atoms with Gasteiger partial charge in [0.25, 0.3) is 0 Å². The largest absolute Gasteiger partial charge is 0.376 e. The zero-order valence-electron chi connectivity index (χ0n) is 8.07. The van der Waals surface area contributed by atoms with E-state index in [1.54, 1.807) is 7.05 Å². The number of fused-ring (bicyclic) bond motifs is 1. The average molecular weight is 188 g/mol. The smallest absolute Gasteiger partial charge is 0.120 e. The van der Waals surface area contributed by atoms with E-state index in [2.05, 4.69) is 16.9 Å². The van der Waals surface area contributed by atoms with Gasteiger partial charge in [0, 0.05) is 25.0 Å². The highest BCUT2D eigenvalue weighted by molar-refractivity contribution is 5.74. The molecule has 1 aromatic rings. The number of para-hydroxylation sites is 1. The summed E-state index contributed by atoms with van der Waals surface area (Å²) in [5.41, 5.74) is 3.20. The topological polar surface area (TPSA) is 35.8 Å². The number of benzene rings is 1. The highest BCUT2D eigenvalue weighted by atomic mass is 16.3. The fraction of sp³-hybridized carbons (Fsp3) is 0.273. The first-order valence-electron chi connectivity index (χ1n) is 4.53. The van der Waals surface area contributed by atoms with Crippen LogP contribution in [0.3, 0.4) is 0 Å². The Hall–Kier alpha value is -1.57. The minimum absolute atomic E-state index is 0.0190. The molecule has 0 unspecified atom stereocenters. The van der Waals surface area contributed by atoms with Crippen LogP contribution in [0.15, 0.2) is 35.0 Å². The fourth-order valence-corrected chi connectivity index (χ4v) is 1.74. The molecule has 3 nitrogen and oxygen atoms in total. The lowest BCUT2D eigenvalue weighted by Crippen LogP contribution is -2.19. The second-order valence-corrected chi connectivity index (χ2v) is 3.16. The van der Waals surface area contributed by atoms with E-state index < -0.39 is 0 Å². The normalized spacial score (nSPS) is 13.9. The van der Waals surface area contributed by atoms with Crippen LogP contribution in [0, 0.1) is 0 Å². The predicted octanol–water partition coefficient (Wildman–Crippen LogP) is 1.18. The Kier molecular flexibility index (Phi) is 2.35. The van der Waals surface area contributed by atoms with Gasteiger partial charge in [-0.25, -0.2) is 4.99 Å². The number of nitrogens with zero attached hydrogens (tertiary/aromatic N) is 2. The summed E-state index contributed by atoms with van der Waals surface area (Å²) < 4.78 is 0. The molecule has 14 heavy (non-hydrogen) atoms. The molecule has 1 N–H and O–H groups in total. The van der Waals surface area contributed by atoms with Gasteiger partial charge in [-0.2, -0.15) is 0 Å². The van der Waals surface area contributed by atoms with Crippen LogP contribution in [0.5, 0.6) is 0 Å². The number of hydrogen-bond acceptors (Lipinski definition) is 3. The van der Waals surface area contributed by atoms with Crippen LogP contribution in [0.1, 0.15) is 5.56 Å². The number of hydrogen-bond donors (Lipinski definition) is 1. The Morgan fingerprint density at radius 3 is 3.00 bits per heavy atom. The molecule has 2 rings (SSSR count). The molecule has 1 heterocycles. The first kappa shape index (κ1) is 9.00. The van der Waals surface area contributed by atoms with Gasteiger partial charge in [0.2, 0.25) is 0 Å². The lowest BCUT2D eigenvalue weighted by molar-refractivity contribution is 0.301. The summed E-state index contributed by atoms with van der Waals surface area (Å²) in [5.74, 6) is 2.90. The predicted molar refractivity (Wildman–Crippen MR) is 56.6 cm³/mol. The van der Waals surface area contributed by atoms with Crippen LogP contribution in [-0.4, -0.2) is 24.8 Å². The summed E-state index contributed by atoms with van der Waals surface area (Å²) in [7, 11) is 1.69. The molecule has 0 radical (unpaired) electrons. The van der Waals surface area contributed by atoms with Crippen molar-refractivity contribution >= 4 is 11.6 Å². The molecule has 1 aliphatic rings. The maximum atomic E-state index is 9.23. The van der Waals surface area contributed by atoms with Crippen molar-refractivity contribution in [3.63, 3.8) is 0 Å². The van der Waals surface area contributed by atoms with Gasteiger partial charge in [-0.05, 0) is 11.6 Å². The number of allylic oxidation sites excluding steroid dienone is 1. The molecule has 0 saturated carbocycles. The molecule has 0 amide bonds. The molecule has 0 bridgehead atoms. The van der Waals surface area contributed by atoms with Crippen molar-refractivity contribution in [2.24, 2.45) is 4.99 Å². The zero-order valence-corrected chi connectivity index (χ0v) is 8.07. The number of aliphatic hydroxyl groups is 1. The van der Waals surface area contributed by atoms with Gasteiger partial charge < -0.3 is 10.0 Å². The van der Waals surface area contributed by atoms with Gasteiger partial charge in [-0.3, -0.25) is 0 Å². The van der Waals surface area contributed by atoms with E-state index in [-0.39, 0.29) is 6.73 Å².